The van der Waals surface area contributed by atoms with Gasteiger partial charge in [-0.1, -0.05) is 36.9 Å². The van der Waals surface area contributed by atoms with E-state index in [4.69, 9.17) is 0 Å². The van der Waals surface area contributed by atoms with Crippen LogP contribution in [0.2, 0.25) is 0 Å². The highest BCUT2D eigenvalue weighted by atomic mass is 32.2. The number of aryl methyl sites for hydroxylation is 1. The van der Waals surface area contributed by atoms with Crippen molar-refractivity contribution in [2.75, 3.05) is 24.2 Å². The van der Waals surface area contributed by atoms with Gasteiger partial charge in [0.25, 0.3) is 0 Å². The Morgan fingerprint density at radius 1 is 1.16 bits per heavy atom. The quantitative estimate of drug-likeness (QED) is 0.383. The van der Waals surface area contributed by atoms with Crippen molar-refractivity contribution in [3.05, 3.63) is 60.0 Å². The van der Waals surface area contributed by atoms with E-state index in [-0.39, 0.29) is 11.7 Å². The van der Waals surface area contributed by atoms with Crippen LogP contribution in [0.15, 0.2) is 54.1 Å². The zero-order valence-electron chi connectivity index (χ0n) is 16.7. The molecule has 0 aliphatic carbocycles. The van der Waals surface area contributed by atoms with Crippen molar-refractivity contribution >= 4 is 23.5 Å². The van der Waals surface area contributed by atoms with Crippen molar-refractivity contribution in [3.63, 3.8) is 0 Å². The van der Waals surface area contributed by atoms with Crippen LogP contribution < -0.4 is 10.6 Å². The number of anilines is 1. The first kappa shape index (κ1) is 22.6. The summed E-state index contributed by atoms with van der Waals surface area (Å²) in [6, 6.07) is 10.1. The van der Waals surface area contributed by atoms with Crippen LogP contribution in [0.3, 0.4) is 0 Å². The van der Waals surface area contributed by atoms with E-state index in [2.05, 4.69) is 32.7 Å². The normalized spacial score (nSPS) is 11.4. The van der Waals surface area contributed by atoms with E-state index in [1.54, 1.807) is 6.33 Å². The van der Waals surface area contributed by atoms with Crippen LogP contribution >= 0.6 is 11.8 Å². The molecule has 0 saturated heterocycles. The van der Waals surface area contributed by atoms with Crippen molar-refractivity contribution in [2.45, 2.75) is 24.7 Å². The lowest BCUT2D eigenvalue weighted by Crippen LogP contribution is -2.30. The Balaban J connectivity index is 1.44. The highest BCUT2D eigenvalue weighted by Crippen LogP contribution is 2.28. The van der Waals surface area contributed by atoms with Crippen molar-refractivity contribution in [1.29, 1.82) is 0 Å². The number of thioether (sulfide) groups is 1. The average molecular weight is 450 g/mol. The monoisotopic (exact) mass is 450 g/mol. The molecule has 0 bridgehead atoms. The summed E-state index contributed by atoms with van der Waals surface area (Å²) in [5, 5.41) is 14.3. The molecule has 3 rings (SSSR count). The highest BCUT2D eigenvalue weighted by Gasteiger charge is 2.30. The Hall–Kier alpha value is -3.08. The van der Waals surface area contributed by atoms with Gasteiger partial charge in [0.05, 0.1) is 17.0 Å². The molecule has 0 saturated carbocycles. The SMILES string of the molecule is CCc1ccccc1-n1cnnc1SCC(=O)NCCNc1ccc(C(F)(F)F)cn1. The molecule has 7 nitrogen and oxygen atoms in total. The van der Waals surface area contributed by atoms with Crippen molar-refractivity contribution in [2.24, 2.45) is 0 Å². The second kappa shape index (κ2) is 10.3. The van der Waals surface area contributed by atoms with Crippen LogP contribution in [0.5, 0.6) is 0 Å². The molecule has 1 amide bonds. The second-order valence-electron chi connectivity index (χ2n) is 6.46. The zero-order chi connectivity index (χ0) is 22.3. The number of rotatable bonds is 9. The number of para-hydroxylation sites is 1. The first-order chi connectivity index (χ1) is 14.9. The molecule has 0 radical (unpaired) electrons. The Morgan fingerprint density at radius 2 is 1.97 bits per heavy atom. The lowest BCUT2D eigenvalue weighted by Gasteiger charge is -2.11. The number of nitrogens with zero attached hydrogens (tertiary/aromatic N) is 4. The van der Waals surface area contributed by atoms with Gasteiger partial charge in [0.15, 0.2) is 5.16 Å². The summed E-state index contributed by atoms with van der Waals surface area (Å²) < 4.78 is 39.4. The van der Waals surface area contributed by atoms with Gasteiger partial charge >= 0.3 is 6.18 Å². The van der Waals surface area contributed by atoms with Gasteiger partial charge in [-0.05, 0) is 30.2 Å². The van der Waals surface area contributed by atoms with Crippen molar-refractivity contribution in [1.82, 2.24) is 25.1 Å². The smallest absolute Gasteiger partial charge is 0.368 e. The van der Waals surface area contributed by atoms with Crippen LogP contribution in [0.25, 0.3) is 5.69 Å². The fraction of sp³-hybridized carbons (Fsp3) is 0.300. The summed E-state index contributed by atoms with van der Waals surface area (Å²) in [6.07, 6.45) is -1.17. The maximum atomic E-state index is 12.5. The Labute approximate surface area is 181 Å². The van der Waals surface area contributed by atoms with Gasteiger partial charge in [-0.2, -0.15) is 13.2 Å². The van der Waals surface area contributed by atoms with E-state index < -0.39 is 11.7 Å². The van der Waals surface area contributed by atoms with Gasteiger partial charge in [-0.25, -0.2) is 4.98 Å². The number of aromatic nitrogens is 4. The molecule has 2 N–H and O–H groups in total. The summed E-state index contributed by atoms with van der Waals surface area (Å²) in [5.74, 6) is 0.274. The molecule has 0 spiro atoms. The molecule has 0 atom stereocenters. The molecule has 2 heterocycles. The predicted molar refractivity (Wildman–Crippen MR) is 112 cm³/mol. The molecule has 31 heavy (non-hydrogen) atoms. The number of alkyl halides is 3. The average Bonchev–Trinajstić information content (AvgIpc) is 3.23. The molecule has 164 valence electrons. The third-order valence-corrected chi connectivity index (χ3v) is 5.27. The zero-order valence-corrected chi connectivity index (χ0v) is 17.5. The third kappa shape index (κ3) is 6.20. The molecule has 0 aliphatic rings. The number of carbonyl (C=O) groups is 1. The summed E-state index contributed by atoms with van der Waals surface area (Å²) in [4.78, 5) is 15.8. The number of pyridine rings is 1. The first-order valence-electron chi connectivity index (χ1n) is 9.53. The van der Waals surface area contributed by atoms with Crippen molar-refractivity contribution in [3.8, 4) is 5.69 Å². The molecule has 11 heteroatoms. The van der Waals surface area contributed by atoms with Gasteiger partial charge in [-0.15, -0.1) is 10.2 Å². The largest absolute Gasteiger partial charge is 0.417 e. The number of amides is 1. The van der Waals surface area contributed by atoms with Gasteiger partial charge in [0, 0.05) is 19.3 Å². The maximum absolute atomic E-state index is 12.5. The lowest BCUT2D eigenvalue weighted by molar-refractivity contribution is -0.137. The maximum Gasteiger partial charge on any atom is 0.417 e. The van der Waals surface area contributed by atoms with Crippen LogP contribution in [0, 0.1) is 0 Å². The van der Waals surface area contributed by atoms with Crippen molar-refractivity contribution < 1.29 is 18.0 Å². The minimum Gasteiger partial charge on any atom is -0.368 e. The Bertz CT molecular complexity index is 1010. The standard InChI is InChI=1S/C20H21F3N6OS/c1-2-14-5-3-4-6-16(14)29-13-27-28-19(29)31-12-18(30)25-10-9-24-17-8-7-15(11-26-17)20(21,22)23/h3-8,11,13H,2,9-10,12H2,1H3,(H,24,26)(H,25,30). The molecular formula is C20H21F3N6OS. The van der Waals surface area contributed by atoms with E-state index in [9.17, 15) is 18.0 Å². The lowest BCUT2D eigenvalue weighted by atomic mass is 10.1. The predicted octanol–water partition coefficient (Wildman–Crippen LogP) is 3.56. The van der Waals surface area contributed by atoms with E-state index in [1.165, 1.54) is 17.8 Å². The van der Waals surface area contributed by atoms with Crippen LogP contribution in [-0.4, -0.2) is 44.5 Å². The van der Waals surface area contributed by atoms with Gasteiger partial charge in [0.1, 0.15) is 12.1 Å². The molecule has 3 aromatic rings. The van der Waals surface area contributed by atoms with E-state index in [1.807, 2.05) is 28.8 Å². The molecule has 1 aromatic carbocycles. The summed E-state index contributed by atoms with van der Waals surface area (Å²) >= 11 is 1.27. The summed E-state index contributed by atoms with van der Waals surface area (Å²) in [6.45, 7) is 2.69. The van der Waals surface area contributed by atoms with Gasteiger partial charge < -0.3 is 10.6 Å². The number of benzene rings is 1. The second-order valence-corrected chi connectivity index (χ2v) is 7.40. The fourth-order valence-electron chi connectivity index (χ4n) is 2.77. The molecule has 0 fully saturated rings. The minimum absolute atomic E-state index is 0.158. The highest BCUT2D eigenvalue weighted by molar-refractivity contribution is 7.99. The topological polar surface area (TPSA) is 84.7 Å². The third-order valence-electron chi connectivity index (χ3n) is 4.32. The van der Waals surface area contributed by atoms with E-state index >= 15 is 0 Å². The fourth-order valence-corrected chi connectivity index (χ4v) is 3.52. The molecule has 0 unspecified atom stereocenters. The molecule has 2 aromatic heterocycles. The van der Waals surface area contributed by atoms with Gasteiger partial charge in [0.2, 0.25) is 5.91 Å². The minimum atomic E-state index is -4.42. The van der Waals surface area contributed by atoms with E-state index in [0.717, 1.165) is 29.9 Å². The van der Waals surface area contributed by atoms with Gasteiger partial charge in [-0.3, -0.25) is 9.36 Å². The van der Waals surface area contributed by atoms with Crippen LogP contribution in [0.1, 0.15) is 18.1 Å². The summed E-state index contributed by atoms with van der Waals surface area (Å²) in [7, 11) is 0. The first-order valence-corrected chi connectivity index (χ1v) is 10.5. The number of hydrogen-bond acceptors (Lipinski definition) is 6. The number of halogens is 3. The Morgan fingerprint density at radius 3 is 2.68 bits per heavy atom. The van der Waals surface area contributed by atoms with E-state index in [0.29, 0.717) is 24.1 Å². The van der Waals surface area contributed by atoms with Crippen LogP contribution in [0.4, 0.5) is 19.0 Å². The van der Waals surface area contributed by atoms with Crippen LogP contribution in [-0.2, 0) is 17.4 Å². The molecule has 0 aliphatic heterocycles. The number of nitrogens with one attached hydrogen (secondary N) is 2. The number of carbonyl (C=O) groups excluding carboxylic acids is 1. The molecular weight excluding hydrogens is 429 g/mol. The summed E-state index contributed by atoms with van der Waals surface area (Å²) in [5.41, 5.74) is 1.32. The number of hydrogen-bond donors (Lipinski definition) is 2. The Kier molecular flexibility index (Phi) is 7.50.